The number of carbonyl (C=O) groups is 3. The van der Waals surface area contributed by atoms with E-state index < -0.39 is 35.7 Å². The molecular weight excluding hydrogens is 322 g/mol. The van der Waals surface area contributed by atoms with Gasteiger partial charge in [0.2, 0.25) is 5.91 Å². The van der Waals surface area contributed by atoms with Gasteiger partial charge in [0.15, 0.2) is 0 Å². The van der Waals surface area contributed by atoms with Crippen LogP contribution in [0, 0.1) is 5.92 Å². The summed E-state index contributed by atoms with van der Waals surface area (Å²) >= 11 is 5.88. The third-order valence-corrected chi connectivity index (χ3v) is 3.89. The van der Waals surface area contributed by atoms with Gasteiger partial charge in [-0.25, -0.2) is 4.79 Å². The number of carbonyl (C=O) groups excluding carboxylic acids is 3. The van der Waals surface area contributed by atoms with Gasteiger partial charge >= 0.3 is 11.9 Å². The summed E-state index contributed by atoms with van der Waals surface area (Å²) in [5.41, 5.74) is 0.642. The summed E-state index contributed by atoms with van der Waals surface area (Å²) in [5, 5.41) is 3.06. The van der Waals surface area contributed by atoms with E-state index in [9.17, 15) is 14.4 Å². The van der Waals surface area contributed by atoms with Crippen LogP contribution in [0.2, 0.25) is 5.02 Å². The molecule has 0 spiro atoms. The Balaban J connectivity index is 2.40. The zero-order valence-electron chi connectivity index (χ0n) is 12.9. The molecule has 1 N–H and O–H groups in total. The van der Waals surface area contributed by atoms with Crippen LogP contribution in [-0.4, -0.2) is 37.1 Å². The highest BCUT2D eigenvalue weighted by atomic mass is 35.5. The Hall–Kier alpha value is -2.08. The Morgan fingerprint density at radius 1 is 1.09 bits per heavy atom. The Kier molecular flexibility index (Phi) is 5.60. The van der Waals surface area contributed by atoms with Crippen molar-refractivity contribution in [3.63, 3.8) is 0 Å². The molecule has 0 aliphatic carbocycles. The van der Waals surface area contributed by atoms with E-state index in [0.717, 1.165) is 0 Å². The van der Waals surface area contributed by atoms with Crippen molar-refractivity contribution in [2.75, 3.05) is 13.2 Å². The number of hydrogen-bond acceptors (Lipinski definition) is 5. The summed E-state index contributed by atoms with van der Waals surface area (Å²) in [7, 11) is 0. The summed E-state index contributed by atoms with van der Waals surface area (Å²) in [6.07, 6.45) is 0. The van der Waals surface area contributed by atoms with Crippen molar-refractivity contribution >= 4 is 29.4 Å². The monoisotopic (exact) mass is 339 g/mol. The van der Waals surface area contributed by atoms with Crippen LogP contribution in [0.4, 0.5) is 0 Å². The second-order valence-corrected chi connectivity index (χ2v) is 5.48. The number of ether oxygens (including phenoxy) is 2. The lowest BCUT2D eigenvalue weighted by atomic mass is 9.84. The SMILES string of the molecule is CCOC(=O)[C@H]1C(=O)N[C@H](C(=O)OCC)[C@@H]1c1ccc(Cl)cc1. The van der Waals surface area contributed by atoms with Gasteiger partial charge in [-0.3, -0.25) is 9.59 Å². The first-order chi connectivity index (χ1) is 11.0. The van der Waals surface area contributed by atoms with Gasteiger partial charge in [0.05, 0.1) is 13.2 Å². The predicted octanol–water partition coefficient (Wildman–Crippen LogP) is 1.66. The van der Waals surface area contributed by atoms with Crippen LogP contribution in [0.15, 0.2) is 24.3 Å². The van der Waals surface area contributed by atoms with E-state index >= 15 is 0 Å². The summed E-state index contributed by atoms with van der Waals surface area (Å²) in [4.78, 5) is 36.5. The van der Waals surface area contributed by atoms with Crippen molar-refractivity contribution in [1.82, 2.24) is 5.32 Å². The van der Waals surface area contributed by atoms with E-state index in [4.69, 9.17) is 21.1 Å². The molecule has 2 rings (SSSR count). The van der Waals surface area contributed by atoms with E-state index in [1.807, 2.05) is 0 Å². The lowest BCUT2D eigenvalue weighted by molar-refractivity contribution is -0.151. The van der Waals surface area contributed by atoms with Gasteiger partial charge in [0.1, 0.15) is 12.0 Å². The summed E-state index contributed by atoms with van der Waals surface area (Å²) in [6.45, 7) is 3.67. The topological polar surface area (TPSA) is 81.7 Å². The first-order valence-electron chi connectivity index (χ1n) is 7.38. The molecule has 7 heteroatoms. The lowest BCUT2D eigenvalue weighted by Crippen LogP contribution is -2.37. The first kappa shape index (κ1) is 17.3. The fourth-order valence-corrected chi connectivity index (χ4v) is 2.81. The predicted molar refractivity (Wildman–Crippen MR) is 82.9 cm³/mol. The zero-order valence-corrected chi connectivity index (χ0v) is 13.6. The third kappa shape index (κ3) is 3.64. The van der Waals surface area contributed by atoms with E-state index in [1.165, 1.54) is 0 Å². The van der Waals surface area contributed by atoms with Crippen molar-refractivity contribution in [3.05, 3.63) is 34.9 Å². The molecule has 1 aromatic rings. The maximum absolute atomic E-state index is 12.2. The van der Waals surface area contributed by atoms with Crippen molar-refractivity contribution in [2.45, 2.75) is 25.8 Å². The van der Waals surface area contributed by atoms with E-state index in [-0.39, 0.29) is 13.2 Å². The van der Waals surface area contributed by atoms with Crippen LogP contribution >= 0.6 is 11.6 Å². The van der Waals surface area contributed by atoms with E-state index in [0.29, 0.717) is 10.6 Å². The number of benzene rings is 1. The summed E-state index contributed by atoms with van der Waals surface area (Å²) in [5.74, 6) is -3.56. The molecule has 1 fully saturated rings. The van der Waals surface area contributed by atoms with Gasteiger partial charge < -0.3 is 14.8 Å². The number of nitrogens with one attached hydrogen (secondary N) is 1. The van der Waals surface area contributed by atoms with Crippen molar-refractivity contribution in [1.29, 1.82) is 0 Å². The molecule has 124 valence electrons. The Bertz CT molecular complexity index is 601. The minimum absolute atomic E-state index is 0.153. The van der Waals surface area contributed by atoms with Crippen LogP contribution in [-0.2, 0) is 23.9 Å². The summed E-state index contributed by atoms with van der Waals surface area (Å²) in [6, 6.07) is 5.73. The molecule has 3 atom stereocenters. The van der Waals surface area contributed by atoms with Crippen LogP contribution in [0.1, 0.15) is 25.3 Å². The third-order valence-electron chi connectivity index (χ3n) is 3.63. The van der Waals surface area contributed by atoms with E-state index in [2.05, 4.69) is 5.32 Å². The molecule has 0 bridgehead atoms. The quantitative estimate of drug-likeness (QED) is 0.651. The fraction of sp³-hybridized carbons (Fsp3) is 0.438. The largest absolute Gasteiger partial charge is 0.465 e. The van der Waals surface area contributed by atoms with Gasteiger partial charge in [0.25, 0.3) is 0 Å². The number of amides is 1. The van der Waals surface area contributed by atoms with Crippen molar-refractivity contribution in [3.8, 4) is 0 Å². The Morgan fingerprint density at radius 2 is 1.65 bits per heavy atom. The molecule has 1 amide bonds. The number of halogens is 1. The second-order valence-electron chi connectivity index (χ2n) is 5.05. The van der Waals surface area contributed by atoms with Gasteiger partial charge in [-0.15, -0.1) is 0 Å². The second kappa shape index (κ2) is 7.46. The van der Waals surface area contributed by atoms with Gasteiger partial charge in [0, 0.05) is 10.9 Å². The molecular formula is C16H18ClNO5. The van der Waals surface area contributed by atoms with Gasteiger partial charge in [-0.05, 0) is 31.5 Å². The maximum Gasteiger partial charge on any atom is 0.329 e. The molecule has 0 saturated carbocycles. The molecule has 1 aliphatic heterocycles. The highest BCUT2D eigenvalue weighted by Crippen LogP contribution is 2.35. The molecule has 6 nitrogen and oxygen atoms in total. The van der Waals surface area contributed by atoms with Crippen molar-refractivity contribution < 1.29 is 23.9 Å². The molecule has 0 aromatic heterocycles. The first-order valence-corrected chi connectivity index (χ1v) is 7.76. The molecule has 0 radical (unpaired) electrons. The number of esters is 2. The van der Waals surface area contributed by atoms with Crippen LogP contribution in [0.5, 0.6) is 0 Å². The molecule has 1 saturated heterocycles. The fourth-order valence-electron chi connectivity index (χ4n) is 2.68. The van der Waals surface area contributed by atoms with Crippen LogP contribution in [0.3, 0.4) is 0 Å². The lowest BCUT2D eigenvalue weighted by Gasteiger charge is -2.21. The van der Waals surface area contributed by atoms with Crippen molar-refractivity contribution in [2.24, 2.45) is 5.92 Å². The van der Waals surface area contributed by atoms with Gasteiger partial charge in [-0.1, -0.05) is 23.7 Å². The highest BCUT2D eigenvalue weighted by molar-refractivity contribution is 6.30. The number of rotatable bonds is 5. The van der Waals surface area contributed by atoms with E-state index in [1.54, 1.807) is 38.1 Å². The average molecular weight is 340 g/mol. The molecule has 23 heavy (non-hydrogen) atoms. The van der Waals surface area contributed by atoms with Crippen LogP contribution < -0.4 is 5.32 Å². The Labute approximate surface area is 139 Å². The Morgan fingerprint density at radius 3 is 2.22 bits per heavy atom. The molecule has 1 heterocycles. The zero-order chi connectivity index (χ0) is 17.0. The minimum atomic E-state index is -1.09. The normalized spacial score (nSPS) is 23.3. The van der Waals surface area contributed by atoms with Crippen LogP contribution in [0.25, 0.3) is 0 Å². The number of hydrogen-bond donors (Lipinski definition) is 1. The highest BCUT2D eigenvalue weighted by Gasteiger charge is 2.51. The standard InChI is InChI=1S/C16H18ClNO5/c1-3-22-15(20)12-11(9-5-7-10(17)8-6-9)13(18-14(12)19)16(21)23-4-2/h5-8,11-13H,3-4H2,1-2H3,(H,18,19)/t11-,12-,13+/m1/s1. The smallest absolute Gasteiger partial charge is 0.329 e. The maximum atomic E-state index is 12.2. The molecule has 1 aliphatic rings. The average Bonchev–Trinajstić information content (AvgIpc) is 2.86. The van der Waals surface area contributed by atoms with Gasteiger partial charge in [-0.2, -0.15) is 0 Å². The minimum Gasteiger partial charge on any atom is -0.465 e. The molecule has 0 unspecified atom stereocenters. The molecule has 1 aromatic carbocycles. The summed E-state index contributed by atoms with van der Waals surface area (Å²) < 4.78 is 9.99.